The summed E-state index contributed by atoms with van der Waals surface area (Å²) in [5.74, 6) is -0.186. The molecule has 0 unspecified atom stereocenters. The molecular formula is C15H15FIN. The fourth-order valence-electron chi connectivity index (χ4n) is 1.79. The third-order valence-electron chi connectivity index (χ3n) is 2.73. The van der Waals surface area contributed by atoms with E-state index < -0.39 is 0 Å². The minimum atomic E-state index is -0.186. The van der Waals surface area contributed by atoms with Crippen molar-refractivity contribution in [2.75, 3.05) is 11.9 Å². The monoisotopic (exact) mass is 355 g/mol. The largest absolute Gasteiger partial charge is 0.384 e. The average Bonchev–Trinajstić information content (AvgIpc) is 2.38. The molecule has 0 saturated heterocycles. The van der Waals surface area contributed by atoms with Crippen LogP contribution in [0.4, 0.5) is 10.1 Å². The van der Waals surface area contributed by atoms with E-state index in [9.17, 15) is 4.39 Å². The van der Waals surface area contributed by atoms with E-state index in [0.29, 0.717) is 0 Å². The number of halogens is 2. The molecule has 0 fully saturated rings. The van der Waals surface area contributed by atoms with E-state index in [-0.39, 0.29) is 5.82 Å². The van der Waals surface area contributed by atoms with Crippen LogP contribution in [0.2, 0.25) is 0 Å². The van der Waals surface area contributed by atoms with Crippen LogP contribution in [0.3, 0.4) is 0 Å². The van der Waals surface area contributed by atoms with Crippen molar-refractivity contribution in [1.29, 1.82) is 0 Å². The number of aryl methyl sites for hydroxylation is 1. The van der Waals surface area contributed by atoms with Crippen molar-refractivity contribution >= 4 is 28.3 Å². The van der Waals surface area contributed by atoms with Crippen LogP contribution in [0.15, 0.2) is 48.5 Å². The van der Waals surface area contributed by atoms with Crippen LogP contribution in [0, 0.1) is 9.39 Å². The van der Waals surface area contributed by atoms with E-state index in [1.807, 2.05) is 6.07 Å². The van der Waals surface area contributed by atoms with Gasteiger partial charge in [0.15, 0.2) is 0 Å². The van der Waals surface area contributed by atoms with Crippen molar-refractivity contribution in [3.8, 4) is 0 Å². The quantitative estimate of drug-likeness (QED) is 0.616. The fraction of sp³-hybridized carbons (Fsp3) is 0.200. The second kappa shape index (κ2) is 6.73. The van der Waals surface area contributed by atoms with Crippen LogP contribution in [-0.4, -0.2) is 6.54 Å². The van der Waals surface area contributed by atoms with Gasteiger partial charge in [-0.2, -0.15) is 0 Å². The van der Waals surface area contributed by atoms with Crippen molar-refractivity contribution in [2.45, 2.75) is 12.8 Å². The Balaban J connectivity index is 1.79. The zero-order valence-electron chi connectivity index (χ0n) is 10.00. The summed E-state index contributed by atoms with van der Waals surface area (Å²) in [6.45, 7) is 0.899. The second-order valence-electron chi connectivity index (χ2n) is 4.14. The molecule has 94 valence electrons. The zero-order chi connectivity index (χ0) is 12.8. The zero-order valence-corrected chi connectivity index (χ0v) is 12.2. The summed E-state index contributed by atoms with van der Waals surface area (Å²) < 4.78 is 13.8. The van der Waals surface area contributed by atoms with Gasteiger partial charge in [-0.15, -0.1) is 0 Å². The molecule has 0 bridgehead atoms. The first kappa shape index (κ1) is 13.3. The van der Waals surface area contributed by atoms with Crippen LogP contribution in [0.5, 0.6) is 0 Å². The normalized spacial score (nSPS) is 10.3. The number of hydrogen-bond acceptors (Lipinski definition) is 1. The fourth-order valence-corrected chi connectivity index (χ4v) is 2.46. The van der Waals surface area contributed by atoms with E-state index in [4.69, 9.17) is 0 Å². The summed E-state index contributed by atoms with van der Waals surface area (Å²) in [6.07, 6.45) is 2.13. The first-order valence-electron chi connectivity index (χ1n) is 5.98. The number of nitrogens with one attached hydrogen (secondary N) is 1. The lowest BCUT2D eigenvalue weighted by atomic mass is 10.1. The molecule has 0 amide bonds. The molecule has 0 aromatic heterocycles. The number of anilines is 1. The van der Waals surface area contributed by atoms with Gasteiger partial charge in [-0.05, 0) is 59.2 Å². The van der Waals surface area contributed by atoms with Crippen molar-refractivity contribution in [1.82, 2.24) is 0 Å². The molecule has 0 aliphatic rings. The standard InChI is InChI=1S/C15H15FIN/c16-13-8-9-15(14(17)11-13)18-10-4-7-12-5-2-1-3-6-12/h1-3,5-6,8-9,11,18H,4,7,10H2. The van der Waals surface area contributed by atoms with Crippen molar-refractivity contribution in [3.63, 3.8) is 0 Å². The summed E-state index contributed by atoms with van der Waals surface area (Å²) in [7, 11) is 0. The van der Waals surface area contributed by atoms with Gasteiger partial charge in [0.1, 0.15) is 5.82 Å². The lowest BCUT2D eigenvalue weighted by molar-refractivity contribution is 0.627. The Bertz CT molecular complexity index is 499. The predicted octanol–water partition coefficient (Wildman–Crippen LogP) is 4.48. The summed E-state index contributed by atoms with van der Waals surface area (Å²) >= 11 is 2.15. The molecule has 0 radical (unpaired) electrons. The molecule has 0 heterocycles. The Labute approximate surface area is 121 Å². The van der Waals surface area contributed by atoms with Crippen molar-refractivity contribution in [3.05, 3.63) is 63.5 Å². The number of hydrogen-bond donors (Lipinski definition) is 1. The van der Waals surface area contributed by atoms with Crippen LogP contribution in [-0.2, 0) is 6.42 Å². The smallest absolute Gasteiger partial charge is 0.124 e. The molecule has 0 saturated carbocycles. The van der Waals surface area contributed by atoms with Gasteiger partial charge in [0, 0.05) is 15.8 Å². The number of rotatable bonds is 5. The lowest BCUT2D eigenvalue weighted by Gasteiger charge is -2.08. The van der Waals surface area contributed by atoms with E-state index in [2.05, 4.69) is 52.2 Å². The third kappa shape index (κ3) is 3.98. The third-order valence-corrected chi connectivity index (χ3v) is 3.62. The van der Waals surface area contributed by atoms with Gasteiger partial charge in [-0.1, -0.05) is 30.3 Å². The molecule has 0 aliphatic heterocycles. The van der Waals surface area contributed by atoms with Gasteiger partial charge >= 0.3 is 0 Å². The molecule has 3 heteroatoms. The van der Waals surface area contributed by atoms with Crippen LogP contribution in [0.25, 0.3) is 0 Å². The maximum atomic E-state index is 12.9. The topological polar surface area (TPSA) is 12.0 Å². The first-order chi connectivity index (χ1) is 8.75. The van der Waals surface area contributed by atoms with E-state index in [0.717, 1.165) is 28.6 Å². The first-order valence-corrected chi connectivity index (χ1v) is 7.06. The molecule has 0 aliphatic carbocycles. The van der Waals surface area contributed by atoms with Crippen LogP contribution < -0.4 is 5.32 Å². The van der Waals surface area contributed by atoms with E-state index >= 15 is 0 Å². The summed E-state index contributed by atoms with van der Waals surface area (Å²) in [6, 6.07) is 15.3. The molecule has 0 atom stereocenters. The summed E-state index contributed by atoms with van der Waals surface area (Å²) in [5.41, 5.74) is 2.36. The minimum Gasteiger partial charge on any atom is -0.384 e. The predicted molar refractivity (Wildman–Crippen MR) is 82.4 cm³/mol. The Morgan fingerprint density at radius 2 is 1.83 bits per heavy atom. The molecule has 2 aromatic carbocycles. The highest BCUT2D eigenvalue weighted by molar-refractivity contribution is 14.1. The van der Waals surface area contributed by atoms with E-state index in [1.165, 1.54) is 11.6 Å². The van der Waals surface area contributed by atoms with Gasteiger partial charge in [0.05, 0.1) is 0 Å². The molecule has 1 N–H and O–H groups in total. The van der Waals surface area contributed by atoms with Gasteiger partial charge in [-0.25, -0.2) is 4.39 Å². The summed E-state index contributed by atoms with van der Waals surface area (Å²) in [5, 5.41) is 3.34. The number of benzene rings is 2. The average molecular weight is 355 g/mol. The van der Waals surface area contributed by atoms with Crippen LogP contribution >= 0.6 is 22.6 Å². The van der Waals surface area contributed by atoms with Crippen molar-refractivity contribution < 1.29 is 4.39 Å². The Morgan fingerprint density at radius 1 is 1.06 bits per heavy atom. The molecule has 0 spiro atoms. The Kier molecular flexibility index (Phi) is 4.99. The Hall–Kier alpha value is -1.10. The van der Waals surface area contributed by atoms with Crippen LogP contribution in [0.1, 0.15) is 12.0 Å². The lowest BCUT2D eigenvalue weighted by Crippen LogP contribution is -2.04. The molecule has 2 rings (SSSR count). The highest BCUT2D eigenvalue weighted by atomic mass is 127. The van der Waals surface area contributed by atoms with Gasteiger partial charge in [0.25, 0.3) is 0 Å². The minimum absolute atomic E-state index is 0.186. The highest BCUT2D eigenvalue weighted by Crippen LogP contribution is 2.18. The van der Waals surface area contributed by atoms with Gasteiger partial charge < -0.3 is 5.32 Å². The molecule has 2 aromatic rings. The maximum absolute atomic E-state index is 12.9. The SMILES string of the molecule is Fc1ccc(NCCCc2ccccc2)c(I)c1. The van der Waals surface area contributed by atoms with Gasteiger partial charge in [-0.3, -0.25) is 0 Å². The van der Waals surface area contributed by atoms with Gasteiger partial charge in [0.2, 0.25) is 0 Å². The molecular weight excluding hydrogens is 340 g/mol. The maximum Gasteiger partial charge on any atom is 0.124 e. The second-order valence-corrected chi connectivity index (χ2v) is 5.30. The van der Waals surface area contributed by atoms with Crippen molar-refractivity contribution in [2.24, 2.45) is 0 Å². The molecule has 18 heavy (non-hydrogen) atoms. The highest BCUT2D eigenvalue weighted by Gasteiger charge is 2.00. The summed E-state index contributed by atoms with van der Waals surface area (Å²) in [4.78, 5) is 0. The van der Waals surface area contributed by atoms with E-state index in [1.54, 1.807) is 12.1 Å². The molecule has 1 nitrogen and oxygen atoms in total. The Morgan fingerprint density at radius 3 is 2.56 bits per heavy atom.